The van der Waals surface area contributed by atoms with Gasteiger partial charge in [0.15, 0.2) is 5.82 Å². The first-order valence-corrected chi connectivity index (χ1v) is 14.9. The molecule has 0 bridgehead atoms. The highest BCUT2D eigenvalue weighted by Crippen LogP contribution is 2.47. The number of carbonyl (C=O) groups excluding carboxylic acids is 1. The highest BCUT2D eigenvalue weighted by molar-refractivity contribution is 7.89. The van der Waals surface area contributed by atoms with Crippen LogP contribution in [-0.2, 0) is 33.7 Å². The van der Waals surface area contributed by atoms with Crippen LogP contribution in [0.25, 0.3) is 5.82 Å². The van der Waals surface area contributed by atoms with Gasteiger partial charge in [-0.3, -0.25) is 4.68 Å². The highest BCUT2D eigenvalue weighted by Gasteiger charge is 2.51. The molecular formula is C27H36F3N7O4S. The van der Waals surface area contributed by atoms with E-state index in [1.165, 1.54) is 21.6 Å². The molecule has 0 unspecified atom stereocenters. The van der Waals surface area contributed by atoms with Crippen LogP contribution in [0, 0.1) is 5.41 Å². The number of anilines is 1. The summed E-state index contributed by atoms with van der Waals surface area (Å²) in [6.07, 6.45) is 0.411. The van der Waals surface area contributed by atoms with Crippen molar-refractivity contribution in [1.29, 1.82) is 0 Å². The molecule has 3 aromatic rings. The molecule has 0 aliphatic carbocycles. The van der Waals surface area contributed by atoms with Crippen molar-refractivity contribution in [3.63, 3.8) is 0 Å². The molecule has 1 aliphatic heterocycles. The Labute approximate surface area is 242 Å². The fraction of sp³-hybridized carbons (Fsp3) is 0.556. The van der Waals surface area contributed by atoms with Crippen molar-refractivity contribution in [2.45, 2.75) is 75.9 Å². The summed E-state index contributed by atoms with van der Waals surface area (Å²) in [7, 11) is -2.36. The number of primary sulfonamides is 1. The van der Waals surface area contributed by atoms with Crippen LogP contribution in [0.2, 0.25) is 0 Å². The van der Waals surface area contributed by atoms with E-state index in [2.05, 4.69) is 15.1 Å². The van der Waals surface area contributed by atoms with Crippen LogP contribution < -0.4 is 14.8 Å². The maximum absolute atomic E-state index is 13.3. The quantitative estimate of drug-likeness (QED) is 0.343. The van der Waals surface area contributed by atoms with Crippen LogP contribution >= 0.6 is 0 Å². The number of pyridine rings is 1. The highest BCUT2D eigenvalue weighted by atomic mass is 32.2. The van der Waals surface area contributed by atoms with E-state index < -0.39 is 39.2 Å². The van der Waals surface area contributed by atoms with E-state index in [1.54, 1.807) is 19.3 Å². The summed E-state index contributed by atoms with van der Waals surface area (Å²) in [6, 6.07) is 5.01. The Balaban J connectivity index is 1.71. The molecule has 1 aliphatic rings. The van der Waals surface area contributed by atoms with Crippen molar-refractivity contribution in [3.05, 3.63) is 41.9 Å². The molecular weight excluding hydrogens is 575 g/mol. The summed E-state index contributed by atoms with van der Waals surface area (Å²) >= 11 is 0. The molecule has 1 fully saturated rings. The number of ether oxygens (including phenoxy) is 1. The second kappa shape index (κ2) is 10.7. The molecule has 42 heavy (non-hydrogen) atoms. The third-order valence-corrected chi connectivity index (χ3v) is 8.63. The average Bonchev–Trinajstić information content (AvgIpc) is 3.56. The number of rotatable bonds is 10. The molecule has 0 amide bonds. The summed E-state index contributed by atoms with van der Waals surface area (Å²) in [4.78, 5) is 18.2. The molecule has 4 rings (SSSR count). The van der Waals surface area contributed by atoms with Gasteiger partial charge >= 0.3 is 6.18 Å². The third kappa shape index (κ3) is 6.02. The number of aryl methyl sites for hydroxylation is 2. The Morgan fingerprint density at radius 3 is 2.48 bits per heavy atom. The van der Waals surface area contributed by atoms with Gasteiger partial charge in [0, 0.05) is 43.2 Å². The SMILES string of the molecule is Cn1ncc(S(N)(=O)=O)c1[C@@]1(C)CN(c2nc(-n3ccc(OCC(C)(C)C(F)(F)F)n3)ccc2CCC=O)C(C)(C)C1. The molecule has 15 heteroatoms. The molecule has 1 saturated heterocycles. The van der Waals surface area contributed by atoms with Crippen LogP contribution in [0.5, 0.6) is 5.88 Å². The Kier molecular flexibility index (Phi) is 8.00. The van der Waals surface area contributed by atoms with Crippen molar-refractivity contribution < 1.29 is 31.1 Å². The lowest BCUT2D eigenvalue weighted by molar-refractivity contribution is -0.219. The largest absolute Gasteiger partial charge is 0.476 e. The maximum atomic E-state index is 13.3. The molecule has 1 atom stereocenters. The first kappa shape index (κ1) is 31.5. The van der Waals surface area contributed by atoms with Gasteiger partial charge in [-0.15, -0.1) is 5.10 Å². The average molecular weight is 612 g/mol. The normalized spacial score (nSPS) is 19.3. The van der Waals surface area contributed by atoms with Crippen molar-refractivity contribution >= 4 is 22.1 Å². The summed E-state index contributed by atoms with van der Waals surface area (Å²) in [5.74, 6) is 0.986. The second-order valence-electron chi connectivity index (χ2n) is 12.3. The summed E-state index contributed by atoms with van der Waals surface area (Å²) in [6.45, 7) is 7.86. The number of hydrogen-bond donors (Lipinski definition) is 1. The number of nitrogens with two attached hydrogens (primary N) is 1. The molecule has 0 radical (unpaired) electrons. The fourth-order valence-corrected chi connectivity index (χ4v) is 6.43. The minimum absolute atomic E-state index is 0.0153. The lowest BCUT2D eigenvalue weighted by Crippen LogP contribution is -2.39. The van der Waals surface area contributed by atoms with Gasteiger partial charge in [0.05, 0.1) is 17.3 Å². The standard InChI is InChI=1S/C27H36F3N7O4S/c1-24(2,27(28,29)30)17-41-21-11-12-37(34-21)20-10-9-18(8-7-13-38)23(33-20)36-16-26(5,15-25(36,3)4)22-19(42(31,39)40)14-32-35(22)6/h9-14H,7-8,15-17H2,1-6H3,(H2,31,39,40)/t26-/m1/s1. The van der Waals surface area contributed by atoms with Crippen molar-refractivity contribution in [2.75, 3.05) is 18.1 Å². The third-order valence-electron chi connectivity index (χ3n) is 7.72. The van der Waals surface area contributed by atoms with E-state index in [-0.39, 0.29) is 17.2 Å². The number of aromatic nitrogens is 5. The zero-order valence-electron chi connectivity index (χ0n) is 24.4. The van der Waals surface area contributed by atoms with E-state index in [0.717, 1.165) is 25.7 Å². The number of aldehydes is 1. The Hall–Kier alpha value is -3.46. The number of alkyl halides is 3. The monoisotopic (exact) mass is 611 g/mol. The first-order valence-electron chi connectivity index (χ1n) is 13.3. The van der Waals surface area contributed by atoms with Gasteiger partial charge < -0.3 is 14.4 Å². The summed E-state index contributed by atoms with van der Waals surface area (Å²) in [5.41, 5.74) is -1.98. The van der Waals surface area contributed by atoms with Crippen molar-refractivity contribution in [3.8, 4) is 11.7 Å². The Morgan fingerprint density at radius 2 is 1.86 bits per heavy atom. The van der Waals surface area contributed by atoms with E-state index in [1.807, 2.05) is 26.8 Å². The summed E-state index contributed by atoms with van der Waals surface area (Å²) in [5, 5.41) is 14.0. The zero-order valence-corrected chi connectivity index (χ0v) is 25.3. The number of sulfonamides is 1. The lowest BCUT2D eigenvalue weighted by Gasteiger charge is -2.34. The number of hydrogen-bond acceptors (Lipinski definition) is 8. The van der Waals surface area contributed by atoms with Crippen molar-refractivity contribution in [1.82, 2.24) is 24.5 Å². The van der Waals surface area contributed by atoms with Crippen molar-refractivity contribution in [2.24, 2.45) is 17.6 Å². The maximum Gasteiger partial charge on any atom is 0.397 e. The van der Waals surface area contributed by atoms with Crippen LogP contribution in [0.15, 0.2) is 35.5 Å². The number of carbonyl (C=O) groups is 1. The van der Waals surface area contributed by atoms with Crippen LogP contribution in [-0.4, -0.2) is 64.1 Å². The molecule has 0 aromatic carbocycles. The minimum atomic E-state index is -4.44. The van der Waals surface area contributed by atoms with Gasteiger partial charge in [-0.2, -0.15) is 18.3 Å². The summed E-state index contributed by atoms with van der Waals surface area (Å²) < 4.78 is 72.8. The van der Waals surface area contributed by atoms with E-state index in [4.69, 9.17) is 14.9 Å². The minimum Gasteiger partial charge on any atom is -0.476 e. The zero-order chi connectivity index (χ0) is 31.3. The van der Waals surface area contributed by atoms with E-state index in [0.29, 0.717) is 36.7 Å². The van der Waals surface area contributed by atoms with Gasteiger partial charge in [0.1, 0.15) is 23.6 Å². The molecule has 11 nitrogen and oxygen atoms in total. The van der Waals surface area contributed by atoms with Gasteiger partial charge in [0.25, 0.3) is 0 Å². The molecule has 230 valence electrons. The molecule has 4 heterocycles. The van der Waals surface area contributed by atoms with E-state index >= 15 is 0 Å². The van der Waals surface area contributed by atoms with Crippen LogP contribution in [0.4, 0.5) is 19.0 Å². The molecule has 0 saturated carbocycles. The predicted octanol–water partition coefficient (Wildman–Crippen LogP) is 3.69. The first-order chi connectivity index (χ1) is 19.3. The van der Waals surface area contributed by atoms with Gasteiger partial charge in [-0.25, -0.2) is 23.2 Å². The molecule has 3 aromatic heterocycles. The topological polar surface area (TPSA) is 138 Å². The Morgan fingerprint density at radius 1 is 1.17 bits per heavy atom. The molecule has 0 spiro atoms. The fourth-order valence-electron chi connectivity index (χ4n) is 5.59. The number of nitrogens with zero attached hydrogens (tertiary/aromatic N) is 6. The Bertz CT molecular complexity index is 1580. The number of halogens is 3. The predicted molar refractivity (Wildman–Crippen MR) is 149 cm³/mol. The van der Waals surface area contributed by atoms with Gasteiger partial charge in [-0.1, -0.05) is 13.0 Å². The molecule has 2 N–H and O–H groups in total. The van der Waals surface area contributed by atoms with E-state index in [9.17, 15) is 26.4 Å². The second-order valence-corrected chi connectivity index (χ2v) is 13.8. The van der Waals surface area contributed by atoms with Gasteiger partial charge in [-0.05, 0) is 52.2 Å². The van der Waals surface area contributed by atoms with Crippen LogP contribution in [0.3, 0.4) is 0 Å². The van der Waals surface area contributed by atoms with Gasteiger partial charge in [0.2, 0.25) is 15.9 Å². The lowest BCUT2D eigenvalue weighted by atomic mass is 9.81. The smallest absolute Gasteiger partial charge is 0.397 e. The van der Waals surface area contributed by atoms with Crippen LogP contribution in [0.1, 0.15) is 58.7 Å².